The van der Waals surface area contributed by atoms with Crippen LogP contribution in [0.1, 0.15) is 25.8 Å². The molecule has 0 bridgehead atoms. The number of aryl methyl sites for hydroxylation is 2. The number of rotatable bonds is 3. The van der Waals surface area contributed by atoms with Crippen LogP contribution in [-0.2, 0) is 0 Å². The lowest BCUT2D eigenvalue weighted by Crippen LogP contribution is -2.48. The molecule has 0 aliphatic heterocycles. The van der Waals surface area contributed by atoms with E-state index in [1.807, 2.05) is 19.6 Å². The Kier molecular flexibility index (Phi) is 6.14. The standard InChI is InChI=1S/C25H21F6NS2Si/c1-14-17(12-16(33-14)9-11-35(3,4)5)21-22(24(28,29)25(30,31)23(21,26)27)18-13-20(34-15(18)2)19-8-6-7-10-32-19/h6-8,10,12-13H,1-5H3. The molecule has 4 rings (SSSR count). The molecule has 35 heavy (non-hydrogen) atoms. The number of hydrogen-bond donors (Lipinski definition) is 0. The highest BCUT2D eigenvalue weighted by molar-refractivity contribution is 7.15. The minimum Gasteiger partial charge on any atom is -0.255 e. The number of nitrogens with zero attached hydrogens (tertiary/aromatic N) is 1. The quantitative estimate of drug-likeness (QED) is 0.184. The summed E-state index contributed by atoms with van der Waals surface area (Å²) in [6.45, 7) is 8.88. The van der Waals surface area contributed by atoms with Gasteiger partial charge in [-0.15, -0.1) is 28.2 Å². The zero-order valence-electron chi connectivity index (χ0n) is 19.5. The molecule has 3 heterocycles. The zero-order valence-corrected chi connectivity index (χ0v) is 22.1. The lowest BCUT2D eigenvalue weighted by atomic mass is 9.95. The van der Waals surface area contributed by atoms with Crippen LogP contribution in [0.4, 0.5) is 26.3 Å². The van der Waals surface area contributed by atoms with Crippen LogP contribution in [0.25, 0.3) is 21.7 Å². The third-order valence-electron chi connectivity index (χ3n) is 5.52. The minimum atomic E-state index is -5.59. The number of halogens is 6. The number of allylic oxidation sites excluding steroid dienone is 2. The average Bonchev–Trinajstić information content (AvgIpc) is 3.34. The van der Waals surface area contributed by atoms with Crippen molar-refractivity contribution >= 4 is 41.9 Å². The van der Waals surface area contributed by atoms with Crippen molar-refractivity contribution < 1.29 is 26.3 Å². The number of thiophene rings is 2. The second kappa shape index (κ2) is 8.35. The fraction of sp³-hybridized carbons (Fsp3) is 0.320. The van der Waals surface area contributed by atoms with Gasteiger partial charge in [0.05, 0.1) is 15.4 Å². The molecule has 1 nitrogen and oxygen atoms in total. The summed E-state index contributed by atoms with van der Waals surface area (Å²) >= 11 is 2.07. The van der Waals surface area contributed by atoms with Gasteiger partial charge in [-0.3, -0.25) is 4.98 Å². The summed E-state index contributed by atoms with van der Waals surface area (Å²) in [4.78, 5) is 5.40. The van der Waals surface area contributed by atoms with Gasteiger partial charge in [-0.05, 0) is 49.2 Å². The molecule has 0 fully saturated rings. The number of alkyl halides is 6. The highest BCUT2D eigenvalue weighted by atomic mass is 32.1. The van der Waals surface area contributed by atoms with Crippen LogP contribution in [0.5, 0.6) is 0 Å². The van der Waals surface area contributed by atoms with Gasteiger partial charge in [0.25, 0.3) is 0 Å². The number of pyridine rings is 1. The molecule has 3 aromatic heterocycles. The normalized spacial score (nSPS) is 18.5. The molecule has 0 unspecified atom stereocenters. The molecule has 184 valence electrons. The monoisotopic (exact) mass is 541 g/mol. The van der Waals surface area contributed by atoms with Crippen LogP contribution in [0.15, 0.2) is 36.5 Å². The average molecular weight is 542 g/mol. The van der Waals surface area contributed by atoms with E-state index in [-0.39, 0.29) is 20.9 Å². The van der Waals surface area contributed by atoms with Crippen LogP contribution in [0, 0.1) is 25.3 Å². The van der Waals surface area contributed by atoms with Crippen molar-refractivity contribution in [2.75, 3.05) is 0 Å². The van der Waals surface area contributed by atoms with Crippen LogP contribution < -0.4 is 0 Å². The van der Waals surface area contributed by atoms with Crippen molar-refractivity contribution in [3.63, 3.8) is 0 Å². The second-order valence-corrected chi connectivity index (χ2v) is 16.6. The van der Waals surface area contributed by atoms with Crippen LogP contribution in [0.2, 0.25) is 19.6 Å². The van der Waals surface area contributed by atoms with E-state index in [9.17, 15) is 8.78 Å². The van der Waals surface area contributed by atoms with E-state index in [2.05, 4.69) is 16.4 Å². The van der Waals surface area contributed by atoms with E-state index in [1.165, 1.54) is 32.2 Å². The summed E-state index contributed by atoms with van der Waals surface area (Å²) in [6, 6.07) is 7.46. The molecular formula is C25H21F6NS2Si. The fourth-order valence-corrected chi connectivity index (χ4v) is 6.32. The second-order valence-electron chi connectivity index (χ2n) is 9.35. The van der Waals surface area contributed by atoms with Gasteiger partial charge >= 0.3 is 17.8 Å². The lowest BCUT2D eigenvalue weighted by molar-refractivity contribution is -0.254. The third kappa shape index (κ3) is 4.17. The highest BCUT2D eigenvalue weighted by Gasteiger charge is 2.80. The summed E-state index contributed by atoms with van der Waals surface area (Å²) in [5, 5.41) is 0. The summed E-state index contributed by atoms with van der Waals surface area (Å²) in [7, 11) is -1.82. The minimum absolute atomic E-state index is 0.220. The first-order valence-electron chi connectivity index (χ1n) is 10.6. The molecule has 0 N–H and O–H groups in total. The molecule has 10 heteroatoms. The van der Waals surface area contributed by atoms with Crippen LogP contribution >= 0.6 is 22.7 Å². The topological polar surface area (TPSA) is 12.9 Å². The third-order valence-corrected chi connectivity index (χ3v) is 8.43. The maximum Gasteiger partial charge on any atom is 0.380 e. The van der Waals surface area contributed by atoms with Crippen molar-refractivity contribution in [2.45, 2.75) is 51.3 Å². The van der Waals surface area contributed by atoms with E-state index in [1.54, 1.807) is 18.2 Å². The SMILES string of the molecule is Cc1sc(C#C[Si](C)(C)C)cc1C1=C(c2cc(-c3ccccn3)sc2C)C(F)(F)C(F)(F)C1(F)F. The van der Waals surface area contributed by atoms with Crippen molar-refractivity contribution in [3.8, 4) is 22.0 Å². The Morgan fingerprint density at radius 3 is 1.94 bits per heavy atom. The van der Waals surface area contributed by atoms with Crippen LogP contribution in [0.3, 0.4) is 0 Å². The molecule has 1 aliphatic carbocycles. The first-order valence-corrected chi connectivity index (χ1v) is 15.8. The lowest BCUT2D eigenvalue weighted by Gasteiger charge is -2.25. The first-order chi connectivity index (χ1) is 16.1. The Labute approximate surface area is 208 Å². The van der Waals surface area contributed by atoms with Gasteiger partial charge in [0.15, 0.2) is 0 Å². The molecule has 3 aromatic rings. The van der Waals surface area contributed by atoms with Gasteiger partial charge in [-0.2, -0.15) is 26.3 Å². The fourth-order valence-electron chi connectivity index (χ4n) is 3.84. The Morgan fingerprint density at radius 1 is 0.829 bits per heavy atom. The Bertz CT molecular complexity index is 1380. The maximum atomic E-state index is 15.2. The molecule has 0 saturated heterocycles. The number of hydrogen-bond acceptors (Lipinski definition) is 3. The van der Waals surface area contributed by atoms with Crippen molar-refractivity contribution in [2.24, 2.45) is 0 Å². The van der Waals surface area contributed by atoms with Crippen molar-refractivity contribution in [1.29, 1.82) is 0 Å². The van der Waals surface area contributed by atoms with E-state index >= 15 is 17.6 Å². The molecule has 0 radical (unpaired) electrons. The van der Waals surface area contributed by atoms with E-state index in [4.69, 9.17) is 0 Å². The van der Waals surface area contributed by atoms with Gasteiger partial charge in [0.1, 0.15) is 8.07 Å². The van der Waals surface area contributed by atoms with E-state index < -0.39 is 37.0 Å². The predicted molar refractivity (Wildman–Crippen MR) is 133 cm³/mol. The van der Waals surface area contributed by atoms with Crippen molar-refractivity contribution in [3.05, 3.63) is 62.3 Å². The molecule has 0 spiro atoms. The van der Waals surface area contributed by atoms with Gasteiger partial charge in [0, 0.05) is 27.1 Å². The molecule has 0 aromatic carbocycles. The summed E-state index contributed by atoms with van der Waals surface area (Å²) in [5.41, 5.74) is 0.200. The number of aromatic nitrogens is 1. The van der Waals surface area contributed by atoms with E-state index in [0.717, 1.165) is 22.7 Å². The van der Waals surface area contributed by atoms with E-state index in [0.29, 0.717) is 15.4 Å². The highest BCUT2D eigenvalue weighted by Crippen LogP contribution is 2.65. The zero-order chi connectivity index (χ0) is 26.0. The molecule has 1 aliphatic rings. The van der Waals surface area contributed by atoms with Gasteiger partial charge in [-0.1, -0.05) is 31.6 Å². The maximum absolute atomic E-state index is 15.2. The Morgan fingerprint density at radius 2 is 1.40 bits per heavy atom. The molecule has 0 saturated carbocycles. The first kappa shape index (κ1) is 25.7. The molecule has 0 amide bonds. The van der Waals surface area contributed by atoms with Crippen LogP contribution in [-0.4, -0.2) is 30.8 Å². The summed E-state index contributed by atoms with van der Waals surface area (Å²) < 4.78 is 90.3. The Balaban J connectivity index is 2.00. The van der Waals surface area contributed by atoms with Gasteiger partial charge in [-0.25, -0.2) is 0 Å². The van der Waals surface area contributed by atoms with Gasteiger partial charge in [0.2, 0.25) is 0 Å². The summed E-state index contributed by atoms with van der Waals surface area (Å²) in [6.07, 6.45) is 1.50. The Hall–Kier alpha value is -2.35. The van der Waals surface area contributed by atoms with Gasteiger partial charge < -0.3 is 0 Å². The van der Waals surface area contributed by atoms with Crippen molar-refractivity contribution in [1.82, 2.24) is 4.98 Å². The predicted octanol–water partition coefficient (Wildman–Crippen LogP) is 8.55. The largest absolute Gasteiger partial charge is 0.380 e. The summed E-state index contributed by atoms with van der Waals surface area (Å²) in [5.74, 6) is -12.9. The molecular weight excluding hydrogens is 520 g/mol. The smallest absolute Gasteiger partial charge is 0.255 e. The molecule has 0 atom stereocenters.